The van der Waals surface area contributed by atoms with Crippen molar-refractivity contribution in [1.29, 1.82) is 0 Å². The third-order valence-corrected chi connectivity index (χ3v) is 11.6. The third kappa shape index (κ3) is 14.2. The smallest absolute Gasteiger partial charge is 0.407 e. The number of carbonyl (C=O) groups excluding carboxylic acids is 5. The summed E-state index contributed by atoms with van der Waals surface area (Å²) in [5.74, 6) is -0.503. The van der Waals surface area contributed by atoms with Crippen molar-refractivity contribution >= 4 is 60.3 Å². The van der Waals surface area contributed by atoms with Crippen LogP contribution in [-0.4, -0.2) is 137 Å². The Morgan fingerprint density at radius 2 is 1.05 bits per heavy atom. The van der Waals surface area contributed by atoms with Crippen LogP contribution in [0.15, 0.2) is 41.8 Å². The third-order valence-electron chi connectivity index (χ3n) is 8.78. The van der Waals surface area contributed by atoms with Crippen molar-refractivity contribution in [2.45, 2.75) is 44.4 Å². The second-order valence-corrected chi connectivity index (χ2v) is 16.7. The molecule has 0 radical (unpaired) electrons. The first kappa shape index (κ1) is 46.9. The number of carboxylic acid groups (broad SMARTS) is 1. The minimum atomic E-state index is -3.35. The maximum absolute atomic E-state index is 13.1. The molecule has 5 amide bonds. The molecule has 4 aliphatic rings. The van der Waals surface area contributed by atoms with Gasteiger partial charge in [-0.1, -0.05) is 0 Å². The van der Waals surface area contributed by atoms with E-state index < -0.39 is 68.3 Å². The molecule has 4 fully saturated rings. The molecule has 4 saturated heterocycles. The number of carboxylic acids is 1. The molecule has 4 aliphatic heterocycles. The normalized spacial score (nSPS) is 19.8. The highest BCUT2D eigenvalue weighted by atomic mass is 32.1. The topological polar surface area (TPSA) is 305 Å². The van der Waals surface area contributed by atoms with E-state index in [1.165, 1.54) is 30.3 Å². The van der Waals surface area contributed by atoms with Gasteiger partial charge in [-0.25, -0.2) is 29.0 Å². The number of aromatic carboxylic acids is 1. The zero-order chi connectivity index (χ0) is 45.6. The first-order valence-electron chi connectivity index (χ1n) is 19.7. The number of alkyl carbamates (subject to hydrolysis) is 4. The lowest BCUT2D eigenvalue weighted by molar-refractivity contribution is 0.0694. The van der Waals surface area contributed by atoms with E-state index in [2.05, 4.69) is 31.6 Å². The number of amides is 5. The number of rotatable bonds is 21. The highest BCUT2D eigenvalue weighted by Gasteiger charge is 2.28. The number of nitrogens with zero attached hydrogens (tertiary/aromatic N) is 1. The van der Waals surface area contributed by atoms with Gasteiger partial charge in [0.1, 0.15) is 49.4 Å². The van der Waals surface area contributed by atoms with E-state index >= 15 is 0 Å². The number of hydrogen-bond donors (Lipinski definition) is 6. The van der Waals surface area contributed by atoms with Crippen LogP contribution in [0, 0.1) is 0 Å². The monoisotopic (exact) mass is 936 g/mol. The van der Waals surface area contributed by atoms with Crippen LogP contribution >= 0.6 is 18.9 Å². The minimum Gasteiger partial charge on any atom is -0.489 e. The molecule has 5 heterocycles. The van der Waals surface area contributed by atoms with Crippen molar-refractivity contribution < 1.29 is 85.4 Å². The average molecular weight is 937 g/mol. The first-order chi connectivity index (χ1) is 30.7. The summed E-state index contributed by atoms with van der Waals surface area (Å²) in [6.07, 6.45) is -3.98. The molecule has 1 aromatic heterocycles. The fraction of sp³-hybridized carbons (Fsp3) is 0.447. The van der Waals surface area contributed by atoms with Gasteiger partial charge in [-0.2, -0.15) is 0 Å². The van der Waals surface area contributed by atoms with Gasteiger partial charge in [0.2, 0.25) is 0 Å². The summed E-state index contributed by atoms with van der Waals surface area (Å²) >= 11 is 1.16. The number of nitrogens with one attached hydrogen (secondary N) is 5. The lowest BCUT2D eigenvalue weighted by atomic mass is 10.2. The number of ether oxygens (including phenoxy) is 8. The summed E-state index contributed by atoms with van der Waals surface area (Å²) < 4.78 is 66.0. The standard InChI is InChI=1S/C23H29N4O10PS.C15H16N2O8/c1-3-34-38(31,35-4-2)12-15-13-39-21(26-15)27-20(28)14-5-16(32-10-18-8-24-22(29)36-18)7-17(6-14)33-11-19-9-25-23(30)37-19;18-13(19)8-1-9(22-6-11-4-16-14(20)24-11)3-10(2-8)23-7-12-5-17-15(21)25-12/h5-7,13,18-19H,3-4,8-12H2,1-2H3,(H,24,29)(H,25,30)(H,26,27,28);1-3,11-12H,4-7H2,(H,16,20)(H,17,21)(H,18,19). The molecule has 0 saturated carbocycles. The maximum atomic E-state index is 13.1. The van der Waals surface area contributed by atoms with Crippen LogP contribution in [0.4, 0.5) is 24.3 Å². The predicted molar refractivity (Wildman–Crippen MR) is 220 cm³/mol. The van der Waals surface area contributed by atoms with Gasteiger partial charge in [0.15, 0.2) is 29.5 Å². The average Bonchev–Trinajstić information content (AvgIpc) is 4.13. The predicted octanol–water partition coefficient (Wildman–Crippen LogP) is 3.50. The number of thiazole rings is 1. The fourth-order valence-corrected chi connectivity index (χ4v) is 8.35. The Labute approximate surface area is 368 Å². The summed E-state index contributed by atoms with van der Waals surface area (Å²) in [5.41, 5.74) is 0.647. The molecular weight excluding hydrogens is 891 g/mol. The Morgan fingerprint density at radius 3 is 1.38 bits per heavy atom. The zero-order valence-electron chi connectivity index (χ0n) is 34.3. The number of benzene rings is 2. The van der Waals surface area contributed by atoms with Crippen LogP contribution in [0.25, 0.3) is 0 Å². The Kier molecular flexibility index (Phi) is 16.3. The van der Waals surface area contributed by atoms with Crippen molar-refractivity contribution in [3.63, 3.8) is 0 Å². The second-order valence-electron chi connectivity index (χ2n) is 13.8. The van der Waals surface area contributed by atoms with Crippen LogP contribution in [0.2, 0.25) is 0 Å². The first-order valence-corrected chi connectivity index (χ1v) is 22.3. The zero-order valence-corrected chi connectivity index (χ0v) is 36.0. The van der Waals surface area contributed by atoms with Crippen LogP contribution in [0.1, 0.15) is 40.3 Å². The van der Waals surface area contributed by atoms with E-state index in [0.29, 0.717) is 43.4 Å². The lowest BCUT2D eigenvalue weighted by Crippen LogP contribution is -2.23. The van der Waals surface area contributed by atoms with Gasteiger partial charge >= 0.3 is 37.9 Å². The van der Waals surface area contributed by atoms with Crippen LogP contribution in [0.5, 0.6) is 23.0 Å². The molecule has 24 nitrogen and oxygen atoms in total. The van der Waals surface area contributed by atoms with Gasteiger partial charge < -0.3 is 73.3 Å². The summed E-state index contributed by atoms with van der Waals surface area (Å²) in [7, 11) is -3.35. The van der Waals surface area contributed by atoms with E-state index in [0.717, 1.165) is 11.3 Å². The minimum absolute atomic E-state index is 0.0180. The summed E-state index contributed by atoms with van der Waals surface area (Å²) in [4.78, 5) is 73.2. The lowest BCUT2D eigenvalue weighted by Gasteiger charge is -2.15. The van der Waals surface area contributed by atoms with Crippen LogP contribution < -0.4 is 45.5 Å². The molecule has 26 heteroatoms. The molecule has 64 heavy (non-hydrogen) atoms. The number of cyclic esters (lactones) is 4. The van der Waals surface area contributed by atoms with Crippen molar-refractivity contribution in [3.05, 3.63) is 58.6 Å². The SMILES string of the molecule is CCOP(=O)(Cc1csc(NC(=O)c2cc(OCC3CNC(=O)O3)cc(OCC3CNC(=O)O3)c2)n1)OCC.O=C1NCC(COc2cc(OCC3CNC(=O)O3)cc(C(=O)O)c2)O1. The molecular formula is C38H45N6O18PS. The van der Waals surface area contributed by atoms with Crippen molar-refractivity contribution in [1.82, 2.24) is 26.3 Å². The van der Waals surface area contributed by atoms with E-state index in [-0.39, 0.29) is 73.6 Å². The van der Waals surface area contributed by atoms with Gasteiger partial charge in [0.25, 0.3) is 5.91 Å². The quantitative estimate of drug-likeness (QED) is 0.0658. The highest BCUT2D eigenvalue weighted by Crippen LogP contribution is 2.51. The number of carbonyl (C=O) groups is 6. The highest BCUT2D eigenvalue weighted by molar-refractivity contribution is 7.53. The Bertz CT molecular complexity index is 2120. The molecule has 3 aromatic rings. The van der Waals surface area contributed by atoms with Crippen molar-refractivity contribution in [2.24, 2.45) is 0 Å². The van der Waals surface area contributed by atoms with E-state index in [1.807, 2.05) is 0 Å². The van der Waals surface area contributed by atoms with Gasteiger partial charge in [-0.05, 0) is 38.1 Å². The van der Waals surface area contributed by atoms with E-state index in [9.17, 15) is 38.4 Å². The molecule has 0 aliphatic carbocycles. The summed E-state index contributed by atoms with van der Waals surface area (Å²) in [5, 5.41) is 23.9. The Hall–Kier alpha value is -6.56. The van der Waals surface area contributed by atoms with Crippen LogP contribution in [-0.2, 0) is 38.7 Å². The molecule has 346 valence electrons. The number of aromatic nitrogens is 1. The molecule has 0 bridgehead atoms. The summed E-state index contributed by atoms with van der Waals surface area (Å²) in [6, 6.07) is 8.80. The van der Waals surface area contributed by atoms with Gasteiger partial charge in [0.05, 0.1) is 56.8 Å². The van der Waals surface area contributed by atoms with E-state index in [1.54, 1.807) is 25.3 Å². The summed E-state index contributed by atoms with van der Waals surface area (Å²) in [6.45, 7) is 5.42. The molecule has 7 rings (SSSR count). The fourth-order valence-electron chi connectivity index (χ4n) is 5.91. The molecule has 6 N–H and O–H groups in total. The van der Waals surface area contributed by atoms with Crippen molar-refractivity contribution in [3.8, 4) is 23.0 Å². The van der Waals surface area contributed by atoms with Gasteiger partial charge in [0, 0.05) is 23.1 Å². The molecule has 0 spiro atoms. The number of hydrogen-bond acceptors (Lipinski definition) is 19. The van der Waals surface area contributed by atoms with Gasteiger partial charge in [-0.15, -0.1) is 11.3 Å². The largest absolute Gasteiger partial charge is 0.489 e. The second kappa shape index (κ2) is 22.2. The maximum Gasteiger partial charge on any atom is 0.407 e. The molecule has 4 unspecified atom stereocenters. The Morgan fingerprint density at radius 1 is 0.672 bits per heavy atom. The number of anilines is 1. The van der Waals surface area contributed by atoms with Crippen molar-refractivity contribution in [2.75, 3.05) is 71.1 Å². The molecule has 2 aromatic carbocycles. The van der Waals surface area contributed by atoms with Gasteiger partial charge in [-0.3, -0.25) is 14.7 Å². The Balaban J connectivity index is 0.000000234. The van der Waals surface area contributed by atoms with E-state index in [4.69, 9.17) is 46.9 Å². The molecule has 4 atom stereocenters. The van der Waals surface area contributed by atoms with Crippen LogP contribution in [0.3, 0.4) is 0 Å².